The highest BCUT2D eigenvalue weighted by molar-refractivity contribution is 8.06. The maximum absolute atomic E-state index is 12.3. The van der Waals surface area contributed by atoms with Gasteiger partial charge in [0.1, 0.15) is 10.8 Å². The Hall–Kier alpha value is -1.63. The molecule has 8 heteroatoms. The van der Waals surface area contributed by atoms with E-state index in [1.807, 2.05) is 5.41 Å². The number of rotatable bonds is 3. The minimum absolute atomic E-state index is 0.0595. The van der Waals surface area contributed by atoms with Crippen LogP contribution in [0, 0.1) is 0 Å². The van der Waals surface area contributed by atoms with E-state index in [4.69, 9.17) is 33.0 Å². The molecule has 1 aromatic rings. The Labute approximate surface area is 139 Å². The zero-order chi connectivity index (χ0) is 15.9. The largest absolute Gasteiger partial charge is 0.478 e. The number of benzene rings is 1. The maximum Gasteiger partial charge on any atom is 0.345 e. The van der Waals surface area contributed by atoms with Crippen LogP contribution in [-0.4, -0.2) is 23.0 Å². The molecule has 0 saturated carbocycles. The van der Waals surface area contributed by atoms with Gasteiger partial charge in [-0.05, 0) is 11.5 Å². The molecule has 0 amide bonds. The summed E-state index contributed by atoms with van der Waals surface area (Å²) in [7, 11) is 0. The number of carboxylic acids is 1. The first-order valence-corrected chi connectivity index (χ1v) is 7.85. The number of carbonyl (C=O) groups excluding carboxylic acids is 1. The summed E-state index contributed by atoms with van der Waals surface area (Å²) in [6, 6.07) is 1.54. The van der Waals surface area contributed by atoms with Crippen molar-refractivity contribution < 1.29 is 19.4 Å². The standard InChI is InChI=1S/C14H9Cl2NO4S/c15-11-7(8(18)5-10-17-1-2-22-10)3-6-4-9(14(19)20)21-13(6)12(11)16/h1-3,5,9,17H,4H2,(H,19,20). The molecule has 0 bridgehead atoms. The number of hydrogen-bond acceptors (Lipinski definition) is 5. The van der Waals surface area contributed by atoms with E-state index in [2.05, 4.69) is 5.32 Å². The molecule has 1 unspecified atom stereocenters. The first-order chi connectivity index (χ1) is 10.5. The number of aliphatic carboxylic acids is 1. The first kappa shape index (κ1) is 15.3. The van der Waals surface area contributed by atoms with Gasteiger partial charge in [-0.2, -0.15) is 0 Å². The van der Waals surface area contributed by atoms with Crippen LogP contribution in [-0.2, 0) is 11.2 Å². The van der Waals surface area contributed by atoms with E-state index in [-0.39, 0.29) is 33.6 Å². The number of nitrogens with one attached hydrogen (secondary N) is 1. The Balaban J connectivity index is 1.96. The lowest BCUT2D eigenvalue weighted by atomic mass is 10.0. The SMILES string of the molecule is O=C(C=C1NC=CS1)c1cc2c(c(Cl)c1Cl)OC(C(=O)O)C2. The Kier molecular flexibility index (Phi) is 4.08. The second kappa shape index (κ2) is 5.87. The van der Waals surface area contributed by atoms with Gasteiger partial charge in [0.25, 0.3) is 0 Å². The highest BCUT2D eigenvalue weighted by Crippen LogP contribution is 2.42. The van der Waals surface area contributed by atoms with Crippen molar-refractivity contribution in [3.8, 4) is 5.75 Å². The quantitative estimate of drug-likeness (QED) is 0.638. The van der Waals surface area contributed by atoms with Gasteiger partial charge >= 0.3 is 5.97 Å². The summed E-state index contributed by atoms with van der Waals surface area (Å²) in [6.45, 7) is 0. The average Bonchev–Trinajstić information content (AvgIpc) is 3.11. The van der Waals surface area contributed by atoms with Gasteiger partial charge in [0.05, 0.1) is 10.1 Å². The van der Waals surface area contributed by atoms with E-state index >= 15 is 0 Å². The predicted molar refractivity (Wildman–Crippen MR) is 84.5 cm³/mol. The zero-order valence-electron chi connectivity index (χ0n) is 10.9. The summed E-state index contributed by atoms with van der Waals surface area (Å²) in [5.41, 5.74) is 0.788. The lowest BCUT2D eigenvalue weighted by Crippen LogP contribution is -2.24. The average molecular weight is 358 g/mol. The van der Waals surface area contributed by atoms with Gasteiger partial charge in [-0.25, -0.2) is 4.79 Å². The number of carbonyl (C=O) groups is 2. The molecule has 1 atom stereocenters. The topological polar surface area (TPSA) is 75.6 Å². The summed E-state index contributed by atoms with van der Waals surface area (Å²) in [5.74, 6) is -1.17. The van der Waals surface area contributed by atoms with Gasteiger partial charge < -0.3 is 15.2 Å². The van der Waals surface area contributed by atoms with Gasteiger partial charge in [-0.3, -0.25) is 4.79 Å². The van der Waals surface area contributed by atoms with Crippen molar-refractivity contribution in [3.63, 3.8) is 0 Å². The molecule has 2 N–H and O–H groups in total. The van der Waals surface area contributed by atoms with Crippen molar-refractivity contribution >= 4 is 46.7 Å². The molecular formula is C14H9Cl2NO4S. The highest BCUT2D eigenvalue weighted by atomic mass is 35.5. The highest BCUT2D eigenvalue weighted by Gasteiger charge is 2.33. The fraction of sp³-hybridized carbons (Fsp3) is 0.143. The van der Waals surface area contributed by atoms with Crippen molar-refractivity contribution in [3.05, 3.63) is 50.0 Å². The first-order valence-electron chi connectivity index (χ1n) is 6.22. The van der Waals surface area contributed by atoms with Gasteiger partial charge in [-0.1, -0.05) is 35.0 Å². The summed E-state index contributed by atoms with van der Waals surface area (Å²) in [5, 5.41) is 14.5. The van der Waals surface area contributed by atoms with Gasteiger partial charge in [-0.15, -0.1) is 0 Å². The van der Waals surface area contributed by atoms with Crippen LogP contribution in [0.5, 0.6) is 5.75 Å². The fourth-order valence-electron chi connectivity index (χ4n) is 2.17. The summed E-state index contributed by atoms with van der Waals surface area (Å²) in [6.07, 6.45) is 2.27. The third kappa shape index (κ3) is 2.69. The van der Waals surface area contributed by atoms with E-state index in [1.165, 1.54) is 17.8 Å². The number of carboxylic acid groups (broad SMARTS) is 1. The second-order valence-electron chi connectivity index (χ2n) is 4.63. The molecule has 0 radical (unpaired) electrons. The van der Waals surface area contributed by atoms with Crippen molar-refractivity contribution in [2.75, 3.05) is 0 Å². The number of thioether (sulfide) groups is 1. The Morgan fingerprint density at radius 1 is 1.41 bits per heavy atom. The minimum atomic E-state index is -1.09. The molecule has 3 rings (SSSR count). The van der Waals surface area contributed by atoms with Crippen LogP contribution in [0.4, 0.5) is 0 Å². The van der Waals surface area contributed by atoms with Crippen LogP contribution in [0.1, 0.15) is 15.9 Å². The van der Waals surface area contributed by atoms with E-state index in [0.29, 0.717) is 10.6 Å². The number of hydrogen-bond donors (Lipinski definition) is 2. The molecule has 0 fully saturated rings. The molecule has 0 saturated heterocycles. The van der Waals surface area contributed by atoms with Crippen molar-refractivity contribution in [1.29, 1.82) is 0 Å². The maximum atomic E-state index is 12.3. The number of ether oxygens (including phenoxy) is 1. The molecule has 2 heterocycles. The van der Waals surface area contributed by atoms with Gasteiger partial charge in [0.15, 0.2) is 11.9 Å². The molecule has 2 aliphatic rings. The van der Waals surface area contributed by atoms with E-state index < -0.39 is 12.1 Å². The van der Waals surface area contributed by atoms with Crippen LogP contribution in [0.3, 0.4) is 0 Å². The molecule has 22 heavy (non-hydrogen) atoms. The van der Waals surface area contributed by atoms with Crippen LogP contribution in [0.25, 0.3) is 0 Å². The number of halogens is 2. The number of ketones is 1. The molecule has 5 nitrogen and oxygen atoms in total. The second-order valence-corrected chi connectivity index (χ2v) is 6.33. The third-order valence-electron chi connectivity index (χ3n) is 3.20. The Bertz CT molecular complexity index is 735. The molecule has 114 valence electrons. The van der Waals surface area contributed by atoms with E-state index in [0.717, 1.165) is 0 Å². The molecule has 0 spiro atoms. The predicted octanol–water partition coefficient (Wildman–Crippen LogP) is 3.21. The van der Waals surface area contributed by atoms with Crippen molar-refractivity contribution in [2.24, 2.45) is 0 Å². The summed E-state index contributed by atoms with van der Waals surface area (Å²) in [4.78, 5) is 23.4. The van der Waals surface area contributed by atoms with Crippen LogP contribution >= 0.6 is 35.0 Å². The molecule has 0 aromatic heterocycles. The molecule has 1 aromatic carbocycles. The number of allylic oxidation sites excluding steroid dienone is 1. The molecule has 0 aliphatic carbocycles. The Morgan fingerprint density at radius 2 is 2.18 bits per heavy atom. The van der Waals surface area contributed by atoms with Crippen molar-refractivity contribution in [1.82, 2.24) is 5.32 Å². The Morgan fingerprint density at radius 3 is 2.82 bits per heavy atom. The zero-order valence-corrected chi connectivity index (χ0v) is 13.3. The summed E-state index contributed by atoms with van der Waals surface area (Å²) < 4.78 is 5.28. The van der Waals surface area contributed by atoms with Gasteiger partial charge in [0.2, 0.25) is 0 Å². The molecular weight excluding hydrogens is 349 g/mol. The third-order valence-corrected chi connectivity index (χ3v) is 4.81. The van der Waals surface area contributed by atoms with Crippen LogP contribution in [0.15, 0.2) is 28.8 Å². The van der Waals surface area contributed by atoms with E-state index in [1.54, 1.807) is 12.3 Å². The summed E-state index contributed by atoms with van der Waals surface area (Å²) >= 11 is 13.6. The number of fused-ring (bicyclic) bond motifs is 1. The normalized spacial score (nSPS) is 20.6. The lowest BCUT2D eigenvalue weighted by Gasteiger charge is -2.09. The van der Waals surface area contributed by atoms with E-state index in [9.17, 15) is 9.59 Å². The molecule has 2 aliphatic heterocycles. The lowest BCUT2D eigenvalue weighted by molar-refractivity contribution is -0.144. The van der Waals surface area contributed by atoms with Crippen LogP contribution < -0.4 is 10.1 Å². The van der Waals surface area contributed by atoms with Crippen molar-refractivity contribution in [2.45, 2.75) is 12.5 Å². The van der Waals surface area contributed by atoms with Crippen LogP contribution in [0.2, 0.25) is 10.0 Å². The minimum Gasteiger partial charge on any atom is -0.478 e. The van der Waals surface area contributed by atoms with Gasteiger partial charge in [0, 0.05) is 29.8 Å². The monoisotopic (exact) mass is 357 g/mol. The smallest absolute Gasteiger partial charge is 0.345 e. The fourth-order valence-corrected chi connectivity index (χ4v) is 3.27.